The molecule has 0 amide bonds. The minimum atomic E-state index is 0.911. The largest absolute Gasteiger partial charge is 0.456 e. The minimum absolute atomic E-state index is 0.911. The van der Waals surface area contributed by atoms with Gasteiger partial charge in [-0.2, -0.15) is 0 Å². The van der Waals surface area contributed by atoms with Gasteiger partial charge in [-0.1, -0.05) is 315 Å². The average Bonchev–Trinajstić information content (AvgIpc) is 1.71. The number of nitrogens with zero attached hydrogens (tertiary/aromatic N) is 3. The fraction of sp³-hybridized carbons (Fsp3) is 0. The van der Waals surface area contributed by atoms with Gasteiger partial charge in [0.1, 0.15) is 33.5 Å². The quantitative estimate of drug-likeness (QED) is 0.0961. The number of thiophene rings is 3. The number of hydrogen-bond donors (Lipinski definition) is 0. The molecule has 0 fully saturated rings. The van der Waals surface area contributed by atoms with Crippen LogP contribution in [0.3, 0.4) is 0 Å². The van der Waals surface area contributed by atoms with Gasteiger partial charge in [0.15, 0.2) is 0 Å². The Labute approximate surface area is 849 Å². The molecule has 0 aliphatic rings. The predicted octanol–water partition coefficient (Wildman–Crippen LogP) is 41.1. The molecule has 6 heterocycles. The lowest BCUT2D eigenvalue weighted by molar-refractivity contribution is 0.668. The van der Waals surface area contributed by atoms with E-state index in [1.54, 1.807) is 0 Å². The highest BCUT2D eigenvalue weighted by molar-refractivity contribution is 7.26. The van der Waals surface area contributed by atoms with Crippen molar-refractivity contribution in [1.82, 2.24) is 0 Å². The Hall–Kier alpha value is -18.2. The Morgan fingerprint density at radius 2 is 0.338 bits per heavy atom. The maximum absolute atomic E-state index is 6.09. The Kier molecular flexibility index (Phi) is 21.8. The monoisotopic (exact) mass is 1910 g/mol. The third kappa shape index (κ3) is 16.2. The molecule has 145 heavy (non-hydrogen) atoms. The van der Waals surface area contributed by atoms with Crippen LogP contribution in [0.5, 0.6) is 0 Å². The maximum atomic E-state index is 6.09. The number of furan rings is 3. The predicted molar refractivity (Wildman–Crippen MR) is 619 cm³/mol. The molecule has 0 bridgehead atoms. The number of rotatable bonds is 16. The lowest BCUT2D eigenvalue weighted by Crippen LogP contribution is -2.10. The first-order valence-corrected chi connectivity index (χ1v) is 51.4. The lowest BCUT2D eigenvalue weighted by atomic mass is 10.0. The number of hydrogen-bond acceptors (Lipinski definition) is 9. The summed E-state index contributed by atoms with van der Waals surface area (Å²) in [5.74, 6) is 0. The number of anilines is 9. The molecule has 29 rings (SSSR count). The maximum Gasteiger partial charge on any atom is 0.135 e. The van der Waals surface area contributed by atoms with Crippen LogP contribution < -0.4 is 14.7 Å². The van der Waals surface area contributed by atoms with E-state index in [2.05, 4.69) is 506 Å². The van der Waals surface area contributed by atoms with E-state index in [4.69, 9.17) is 13.3 Å². The van der Waals surface area contributed by atoms with Gasteiger partial charge in [0.25, 0.3) is 0 Å². The first-order valence-electron chi connectivity index (χ1n) is 49.0. The zero-order valence-corrected chi connectivity index (χ0v) is 81.0. The molecular formula is C136H87N3O3S3. The van der Waals surface area contributed by atoms with Crippen LogP contribution in [0, 0.1) is 0 Å². The Morgan fingerprint density at radius 1 is 0.124 bits per heavy atom. The Balaban J connectivity index is 0.000000108. The molecule has 6 nitrogen and oxygen atoms in total. The van der Waals surface area contributed by atoms with Gasteiger partial charge in [-0.15, -0.1) is 34.0 Å². The molecule has 6 aromatic heterocycles. The van der Waals surface area contributed by atoms with Gasteiger partial charge in [-0.3, -0.25) is 0 Å². The SMILES string of the molecule is c1ccc(-c2ccc(N(c3ccc(-c4ccc5oc6ccccc6c5c4)cc3)c3ccc(-c4ccc5sc6ccccc6c5c4)cc3)cc2)cc1.c1ccc(N(c2ccc(-c3ccc4oc5ccccc5c4c3)cc2)c2ccc(-c3ccc4sc5ccccc5c4c3)cc2)cc1.c1ccc2c(N(c3ccc(-c4ccc5oc6ccccc6c5c4)cc3)c3ccc(-c4ccc5sc6ccccc6c5c4)cc3)cccc2c1. The van der Waals surface area contributed by atoms with Crippen molar-refractivity contribution in [3.63, 3.8) is 0 Å². The van der Waals surface area contributed by atoms with E-state index in [1.165, 1.54) is 144 Å². The van der Waals surface area contributed by atoms with E-state index in [1.807, 2.05) is 70.4 Å². The highest BCUT2D eigenvalue weighted by Crippen LogP contribution is 2.48. The smallest absolute Gasteiger partial charge is 0.135 e. The summed E-state index contributed by atoms with van der Waals surface area (Å²) in [5.41, 5.74) is 32.2. The van der Waals surface area contributed by atoms with Crippen LogP contribution in [0.15, 0.2) is 541 Å². The van der Waals surface area contributed by atoms with Crippen LogP contribution in [0.25, 0.3) is 215 Å². The molecule has 0 aliphatic heterocycles. The minimum Gasteiger partial charge on any atom is -0.456 e. The molecule has 0 unspecified atom stereocenters. The van der Waals surface area contributed by atoms with Crippen molar-refractivity contribution in [2.75, 3.05) is 14.7 Å². The number of para-hydroxylation sites is 4. The Morgan fingerprint density at radius 3 is 0.669 bits per heavy atom. The second-order valence-corrected chi connectivity index (χ2v) is 40.1. The first-order chi connectivity index (χ1) is 71.8. The van der Waals surface area contributed by atoms with Crippen LogP contribution >= 0.6 is 34.0 Å². The van der Waals surface area contributed by atoms with Crippen LogP contribution in [-0.2, 0) is 0 Å². The van der Waals surface area contributed by atoms with Crippen molar-refractivity contribution in [3.05, 3.63) is 528 Å². The van der Waals surface area contributed by atoms with Crippen LogP contribution in [-0.4, -0.2) is 0 Å². The average molecular weight is 1910 g/mol. The van der Waals surface area contributed by atoms with E-state index in [0.717, 1.165) is 123 Å². The van der Waals surface area contributed by atoms with Gasteiger partial charge < -0.3 is 28.0 Å². The molecular weight excluding hydrogens is 1820 g/mol. The van der Waals surface area contributed by atoms with Crippen molar-refractivity contribution in [1.29, 1.82) is 0 Å². The molecule has 0 N–H and O–H groups in total. The van der Waals surface area contributed by atoms with Gasteiger partial charge in [0.2, 0.25) is 0 Å². The lowest BCUT2D eigenvalue weighted by Gasteiger charge is -2.27. The summed E-state index contributed by atoms with van der Waals surface area (Å²) in [7, 11) is 0. The number of fused-ring (bicyclic) bond motifs is 19. The first kappa shape index (κ1) is 85.9. The van der Waals surface area contributed by atoms with Gasteiger partial charge in [-0.05, 0) is 296 Å². The molecule has 0 radical (unpaired) electrons. The van der Waals surface area contributed by atoms with E-state index in [-0.39, 0.29) is 0 Å². The summed E-state index contributed by atoms with van der Waals surface area (Å²) in [6.07, 6.45) is 0. The molecule has 0 saturated heterocycles. The van der Waals surface area contributed by atoms with Crippen molar-refractivity contribution >= 4 is 222 Å². The molecule has 682 valence electrons. The zero-order valence-electron chi connectivity index (χ0n) is 78.5. The highest BCUT2D eigenvalue weighted by Gasteiger charge is 2.23. The van der Waals surface area contributed by atoms with Crippen molar-refractivity contribution in [3.8, 4) is 77.9 Å². The van der Waals surface area contributed by atoms with E-state index in [9.17, 15) is 0 Å². The second kappa shape index (κ2) is 36.8. The molecule has 0 spiro atoms. The molecule has 23 aromatic carbocycles. The van der Waals surface area contributed by atoms with Crippen LogP contribution in [0.4, 0.5) is 51.2 Å². The normalized spacial score (nSPS) is 11.6. The summed E-state index contributed by atoms with van der Waals surface area (Å²) in [6, 6.07) is 189. The third-order valence-corrected chi connectivity index (χ3v) is 31.7. The van der Waals surface area contributed by atoms with Gasteiger partial charge in [0, 0.05) is 144 Å². The van der Waals surface area contributed by atoms with Gasteiger partial charge >= 0.3 is 0 Å². The van der Waals surface area contributed by atoms with E-state index in [0.29, 0.717) is 0 Å². The molecule has 9 heteroatoms. The summed E-state index contributed by atoms with van der Waals surface area (Å²) < 4.78 is 26.2. The van der Waals surface area contributed by atoms with Gasteiger partial charge in [-0.25, -0.2) is 0 Å². The highest BCUT2D eigenvalue weighted by atomic mass is 32.1. The molecule has 0 saturated carbocycles. The molecule has 0 aliphatic carbocycles. The summed E-state index contributed by atoms with van der Waals surface area (Å²) >= 11 is 5.57. The number of benzene rings is 23. The Bertz CT molecular complexity index is 9460. The van der Waals surface area contributed by atoms with Crippen LogP contribution in [0.2, 0.25) is 0 Å². The van der Waals surface area contributed by atoms with Gasteiger partial charge in [0.05, 0.1) is 5.69 Å². The fourth-order valence-electron chi connectivity index (χ4n) is 21.0. The third-order valence-electron chi connectivity index (χ3n) is 28.3. The molecule has 29 aromatic rings. The van der Waals surface area contributed by atoms with Crippen LogP contribution in [0.1, 0.15) is 0 Å². The van der Waals surface area contributed by atoms with Crippen molar-refractivity contribution < 1.29 is 13.3 Å². The standard InChI is InChI=1S/C48H31NOS.C46H29NOS.C42H27NOS/c1-2-8-32(9-3-1)33-14-22-38(23-15-33)49(39-24-16-34(17-25-39)36-20-28-46-43(30-36)41-10-4-6-12-45(41)50-46)40-26-18-35(19-27-40)37-21-29-48-44(31-37)42-11-5-7-13-47(42)51-48;1-2-10-37-32(8-1)9-7-13-42(37)47(35-22-16-30(17-23-35)33-20-26-44-40(28-33)38-11-3-5-14-43(38)48-44)36-24-18-31(19-25-36)34-21-27-46-41(29-34)39-12-4-6-15-45(39)49-46;1-2-8-32(9-3-1)43(33-20-14-28(15-21-33)30-18-24-40-37(26-30)35-10-4-6-12-39(35)44-40)34-22-16-29(17-23-34)31-19-25-42-38(27-31)36-11-5-7-13-41(36)45-42/h1-31H;1-29H;1-27H. The zero-order chi connectivity index (χ0) is 95.8. The topological polar surface area (TPSA) is 49.1 Å². The van der Waals surface area contributed by atoms with E-state index < -0.39 is 0 Å². The summed E-state index contributed by atoms with van der Waals surface area (Å²) in [6.45, 7) is 0. The van der Waals surface area contributed by atoms with Crippen molar-refractivity contribution in [2.24, 2.45) is 0 Å². The summed E-state index contributed by atoms with van der Waals surface area (Å²) in [4.78, 5) is 7.03. The summed E-state index contributed by atoms with van der Waals surface area (Å²) in [5, 5.41) is 17.2. The van der Waals surface area contributed by atoms with E-state index >= 15 is 0 Å². The van der Waals surface area contributed by atoms with Crippen molar-refractivity contribution in [2.45, 2.75) is 0 Å². The molecule has 0 atom stereocenters. The second-order valence-electron chi connectivity index (χ2n) is 36.9. The fourth-order valence-corrected chi connectivity index (χ4v) is 24.2.